The molecular weight excluding hydrogens is 422 g/mol. The summed E-state index contributed by atoms with van der Waals surface area (Å²) in [5, 5.41) is 0. The van der Waals surface area contributed by atoms with E-state index in [1.807, 2.05) is 6.92 Å². The number of quaternary nitrogens is 1. The first-order valence-electron chi connectivity index (χ1n) is 11.2. The number of ether oxygens (including phenoxy) is 5. The zero-order valence-electron chi connectivity index (χ0n) is 20.8. The van der Waals surface area contributed by atoms with Crippen LogP contribution in [-0.2, 0) is 16.0 Å². The van der Waals surface area contributed by atoms with Gasteiger partial charge in [0.2, 0.25) is 0 Å². The van der Waals surface area contributed by atoms with Crippen LogP contribution in [0.25, 0.3) is 0 Å². The number of carbonyl (C=O) groups is 1. The van der Waals surface area contributed by atoms with Gasteiger partial charge < -0.3 is 28.2 Å². The van der Waals surface area contributed by atoms with Crippen LogP contribution < -0.4 is 18.9 Å². The number of nitrogens with zero attached hydrogens (tertiary/aromatic N) is 1. The molecule has 1 heterocycles. The summed E-state index contributed by atoms with van der Waals surface area (Å²) < 4.78 is 28.5. The molecule has 1 aliphatic heterocycles. The van der Waals surface area contributed by atoms with Gasteiger partial charge in [0.1, 0.15) is 6.04 Å². The van der Waals surface area contributed by atoms with Crippen molar-refractivity contribution >= 4 is 5.97 Å². The molecule has 0 bridgehead atoms. The van der Waals surface area contributed by atoms with E-state index in [0.29, 0.717) is 18.1 Å². The number of methoxy groups -OCH3 is 4. The van der Waals surface area contributed by atoms with Gasteiger partial charge in [-0.25, -0.2) is 0 Å². The van der Waals surface area contributed by atoms with Crippen molar-refractivity contribution in [3.8, 4) is 23.0 Å². The van der Waals surface area contributed by atoms with E-state index in [4.69, 9.17) is 23.7 Å². The first-order valence-corrected chi connectivity index (χ1v) is 11.2. The summed E-state index contributed by atoms with van der Waals surface area (Å²) in [4.78, 5) is 11.2. The third-order valence-electron chi connectivity index (χ3n) is 6.58. The fraction of sp³-hybridized carbons (Fsp3) is 0.500. The molecule has 0 aromatic heterocycles. The smallest absolute Gasteiger partial charge is 0.302 e. The average Bonchev–Trinajstić information content (AvgIpc) is 2.80. The predicted octanol–water partition coefficient (Wildman–Crippen LogP) is 4.07. The number of rotatable bonds is 9. The second kappa shape index (κ2) is 10.3. The number of esters is 1. The summed E-state index contributed by atoms with van der Waals surface area (Å²) in [7, 11) is 8.92. The van der Waals surface area contributed by atoms with E-state index in [-0.39, 0.29) is 12.0 Å². The van der Waals surface area contributed by atoms with Crippen molar-refractivity contribution in [2.24, 2.45) is 0 Å². The van der Waals surface area contributed by atoms with Gasteiger partial charge >= 0.3 is 5.97 Å². The molecule has 2 unspecified atom stereocenters. The molecule has 2 atom stereocenters. The molecule has 0 saturated heterocycles. The minimum atomic E-state index is -0.245. The van der Waals surface area contributed by atoms with Crippen LogP contribution in [0.2, 0.25) is 0 Å². The van der Waals surface area contributed by atoms with Crippen LogP contribution in [0.15, 0.2) is 24.3 Å². The van der Waals surface area contributed by atoms with E-state index in [0.717, 1.165) is 53.0 Å². The number of fused-ring (bicyclic) bond motifs is 1. The Hall–Kier alpha value is -2.93. The molecule has 0 fully saturated rings. The average molecular weight is 459 g/mol. The van der Waals surface area contributed by atoms with Crippen LogP contribution >= 0.6 is 0 Å². The predicted molar refractivity (Wildman–Crippen MR) is 127 cm³/mol. The van der Waals surface area contributed by atoms with Gasteiger partial charge in [0.15, 0.2) is 23.0 Å². The number of hydrogen-bond acceptors (Lipinski definition) is 6. The van der Waals surface area contributed by atoms with Crippen molar-refractivity contribution in [2.45, 2.75) is 32.7 Å². The van der Waals surface area contributed by atoms with Crippen LogP contribution in [-0.4, -0.2) is 65.6 Å². The summed E-state index contributed by atoms with van der Waals surface area (Å²) in [5.41, 5.74) is 4.63. The molecule has 0 aliphatic carbocycles. The van der Waals surface area contributed by atoms with Crippen molar-refractivity contribution in [2.75, 3.05) is 55.2 Å². The van der Waals surface area contributed by atoms with Gasteiger partial charge in [-0.05, 0) is 42.3 Å². The first kappa shape index (κ1) is 24.7. The molecule has 0 amide bonds. The van der Waals surface area contributed by atoms with Crippen LogP contribution in [0, 0.1) is 6.92 Å². The Bertz CT molecular complexity index is 1000. The molecule has 0 N–H and O–H groups in total. The number of aryl methyl sites for hydroxylation is 1. The van der Waals surface area contributed by atoms with Crippen LogP contribution in [0.4, 0.5) is 0 Å². The highest BCUT2D eigenvalue weighted by molar-refractivity contribution is 5.65. The highest BCUT2D eigenvalue weighted by Crippen LogP contribution is 2.46. The number of carbonyl (C=O) groups excluding carboxylic acids is 1. The highest BCUT2D eigenvalue weighted by Gasteiger charge is 2.41. The lowest BCUT2D eigenvalue weighted by Gasteiger charge is -2.46. The topological polar surface area (TPSA) is 63.2 Å². The van der Waals surface area contributed by atoms with E-state index in [1.165, 1.54) is 18.1 Å². The molecule has 2 aromatic rings. The fourth-order valence-electron chi connectivity index (χ4n) is 5.01. The Morgan fingerprint density at radius 2 is 1.64 bits per heavy atom. The molecule has 0 saturated carbocycles. The van der Waals surface area contributed by atoms with Gasteiger partial charge in [-0.2, -0.15) is 0 Å². The SMILES string of the molecule is COc1cc2c(cc1OC)C(c1cc(C)c(OC)c(OC)c1)[N+](C)(CCCOC(C)=O)CC2. The van der Waals surface area contributed by atoms with Gasteiger partial charge in [-0.15, -0.1) is 0 Å². The summed E-state index contributed by atoms with van der Waals surface area (Å²) in [5.74, 6) is 2.67. The molecule has 7 nitrogen and oxygen atoms in total. The van der Waals surface area contributed by atoms with Crippen molar-refractivity contribution in [3.63, 3.8) is 0 Å². The third kappa shape index (κ3) is 5.03. The molecular formula is C26H36NO6+. The maximum absolute atomic E-state index is 11.2. The van der Waals surface area contributed by atoms with E-state index in [9.17, 15) is 4.79 Å². The minimum Gasteiger partial charge on any atom is -0.493 e. The maximum Gasteiger partial charge on any atom is 0.302 e. The second-order valence-electron chi connectivity index (χ2n) is 8.75. The Labute approximate surface area is 196 Å². The molecule has 180 valence electrons. The molecule has 0 radical (unpaired) electrons. The van der Waals surface area contributed by atoms with Gasteiger partial charge in [-0.1, -0.05) is 0 Å². The zero-order valence-corrected chi connectivity index (χ0v) is 20.8. The Morgan fingerprint density at radius 3 is 2.24 bits per heavy atom. The van der Waals surface area contributed by atoms with Crippen LogP contribution in [0.5, 0.6) is 23.0 Å². The lowest BCUT2D eigenvalue weighted by molar-refractivity contribution is -0.935. The molecule has 1 aliphatic rings. The van der Waals surface area contributed by atoms with Gasteiger partial charge in [0.05, 0.1) is 55.2 Å². The van der Waals surface area contributed by atoms with Crippen molar-refractivity contribution in [3.05, 3.63) is 46.5 Å². The minimum absolute atomic E-state index is 0.0457. The summed E-state index contributed by atoms with van der Waals surface area (Å²) in [6, 6.07) is 8.50. The Balaban J connectivity index is 2.13. The van der Waals surface area contributed by atoms with Crippen LogP contribution in [0.3, 0.4) is 0 Å². The van der Waals surface area contributed by atoms with Gasteiger partial charge in [-0.3, -0.25) is 4.79 Å². The molecule has 33 heavy (non-hydrogen) atoms. The van der Waals surface area contributed by atoms with Gasteiger partial charge in [0.25, 0.3) is 0 Å². The molecule has 2 aromatic carbocycles. The molecule has 0 spiro atoms. The summed E-state index contributed by atoms with van der Waals surface area (Å²) >= 11 is 0. The van der Waals surface area contributed by atoms with Crippen molar-refractivity contribution in [1.82, 2.24) is 0 Å². The van der Waals surface area contributed by atoms with Crippen LogP contribution in [0.1, 0.15) is 41.6 Å². The number of likely N-dealkylation sites (N-methyl/N-ethyl adjacent to an activating group) is 1. The fourth-order valence-corrected chi connectivity index (χ4v) is 5.01. The zero-order chi connectivity index (χ0) is 24.2. The Kier molecular flexibility index (Phi) is 7.74. The highest BCUT2D eigenvalue weighted by atomic mass is 16.5. The lowest BCUT2D eigenvalue weighted by Crippen LogP contribution is -2.52. The van der Waals surface area contributed by atoms with E-state index >= 15 is 0 Å². The largest absolute Gasteiger partial charge is 0.493 e. The van der Waals surface area contributed by atoms with E-state index < -0.39 is 0 Å². The Morgan fingerprint density at radius 1 is 0.970 bits per heavy atom. The standard InChI is InChI=1S/C26H36NO6/c1-17-13-20(15-24(31-6)26(17)32-7)25-21-16-23(30-5)22(29-4)14-19(21)9-11-27(25,3)10-8-12-33-18(2)28/h13-16,25H,8-12H2,1-7H3/q+1. The molecule has 7 heteroatoms. The monoisotopic (exact) mass is 458 g/mol. The number of benzene rings is 2. The second-order valence-corrected chi connectivity index (χ2v) is 8.75. The van der Waals surface area contributed by atoms with E-state index in [1.54, 1.807) is 28.4 Å². The van der Waals surface area contributed by atoms with Crippen molar-refractivity contribution < 1.29 is 33.0 Å². The van der Waals surface area contributed by atoms with Gasteiger partial charge in [0, 0.05) is 30.9 Å². The van der Waals surface area contributed by atoms with E-state index in [2.05, 4.69) is 31.3 Å². The lowest BCUT2D eigenvalue weighted by atomic mass is 9.85. The number of hydrogen-bond donors (Lipinski definition) is 0. The quantitative estimate of drug-likeness (QED) is 0.321. The maximum atomic E-state index is 11.2. The first-order chi connectivity index (χ1) is 15.8. The molecule has 3 rings (SSSR count). The summed E-state index contributed by atoms with van der Waals surface area (Å²) in [6.07, 6.45) is 1.70. The third-order valence-corrected chi connectivity index (χ3v) is 6.58. The summed E-state index contributed by atoms with van der Waals surface area (Å²) in [6.45, 7) is 5.70. The van der Waals surface area contributed by atoms with Crippen molar-refractivity contribution in [1.29, 1.82) is 0 Å². The normalized spacial score (nSPS) is 19.4.